The molecule has 1 amide bonds. The first-order chi connectivity index (χ1) is 11.5. The molecule has 0 saturated carbocycles. The van der Waals surface area contributed by atoms with Gasteiger partial charge in [0.2, 0.25) is 5.91 Å². The molecule has 0 spiro atoms. The van der Waals surface area contributed by atoms with Crippen LogP contribution in [0, 0.1) is 6.07 Å². The zero-order valence-corrected chi connectivity index (χ0v) is 17.1. The first kappa shape index (κ1) is 22.2. The second kappa shape index (κ2) is 9.71. The predicted octanol–water partition coefficient (Wildman–Crippen LogP) is 1.43. The number of nitrogens with one attached hydrogen (secondary N) is 1. The van der Waals surface area contributed by atoms with Crippen molar-refractivity contribution in [2.45, 2.75) is 6.92 Å². The van der Waals surface area contributed by atoms with E-state index in [9.17, 15) is 15.0 Å². The van der Waals surface area contributed by atoms with Crippen LogP contribution in [0.25, 0.3) is 10.8 Å². The van der Waals surface area contributed by atoms with E-state index in [-0.39, 0.29) is 75.4 Å². The summed E-state index contributed by atoms with van der Waals surface area (Å²) < 4.78 is 0. The van der Waals surface area contributed by atoms with Gasteiger partial charge in [0.15, 0.2) is 5.75 Å². The molecule has 131 valence electrons. The number of anilines is 1. The minimum atomic E-state index is -0.163. The van der Waals surface area contributed by atoms with E-state index >= 15 is 0 Å². The number of fused-ring (bicyclic) bond motifs is 1. The topological polar surface area (TPSA) is 94.3 Å². The van der Waals surface area contributed by atoms with E-state index in [1.165, 1.54) is 19.1 Å². The molecule has 0 heterocycles. The molecule has 0 saturated heterocycles. The van der Waals surface area contributed by atoms with E-state index in [4.69, 9.17) is 0 Å². The molecule has 3 aromatic carbocycles. The Kier molecular flexibility index (Phi) is 8.27. The number of hydrogen-bond donors (Lipinski definition) is 3. The van der Waals surface area contributed by atoms with Crippen LogP contribution in [0.15, 0.2) is 58.8 Å². The van der Waals surface area contributed by atoms with Gasteiger partial charge in [0.1, 0.15) is 5.69 Å². The van der Waals surface area contributed by atoms with E-state index in [1.807, 2.05) is 0 Å². The fourth-order valence-electron chi connectivity index (χ4n) is 2.26. The van der Waals surface area contributed by atoms with Crippen molar-refractivity contribution in [1.29, 1.82) is 0 Å². The van der Waals surface area contributed by atoms with E-state index < -0.39 is 0 Å². The van der Waals surface area contributed by atoms with Gasteiger partial charge in [-0.2, -0.15) is 17.2 Å². The van der Waals surface area contributed by atoms with E-state index in [1.54, 1.807) is 36.4 Å². The van der Waals surface area contributed by atoms with E-state index in [0.29, 0.717) is 11.1 Å². The molecular weight excluding hydrogens is 393 g/mol. The van der Waals surface area contributed by atoms with Crippen molar-refractivity contribution in [2.75, 3.05) is 5.32 Å². The second-order valence-corrected chi connectivity index (χ2v) is 5.17. The zero-order valence-electron chi connectivity index (χ0n) is 14.1. The van der Waals surface area contributed by atoms with Crippen LogP contribution < -0.4 is 34.9 Å². The van der Waals surface area contributed by atoms with Gasteiger partial charge in [-0.1, -0.05) is 6.07 Å². The van der Waals surface area contributed by atoms with Crippen LogP contribution in [0.5, 0.6) is 11.5 Å². The minimum Gasteiger partial charge on any atom is -0.531 e. The average molecular weight is 407 g/mol. The van der Waals surface area contributed by atoms with Crippen LogP contribution in [0.2, 0.25) is 0 Å². The number of carbonyl (C=O) groups is 1. The first-order valence-electron chi connectivity index (χ1n) is 7.19. The Morgan fingerprint density at radius 1 is 1.08 bits per heavy atom. The zero-order chi connectivity index (χ0) is 17.1. The molecule has 3 aromatic rings. The van der Waals surface area contributed by atoms with Gasteiger partial charge in [-0.25, -0.2) is 5.11 Å². The van der Waals surface area contributed by atoms with Gasteiger partial charge in [-0.15, -0.1) is 12.1 Å². The largest absolute Gasteiger partial charge is 1.00 e. The number of carbonyl (C=O) groups excluding carboxylic acids is 1. The second-order valence-electron chi connectivity index (χ2n) is 5.17. The molecule has 0 fully saturated rings. The summed E-state index contributed by atoms with van der Waals surface area (Å²) in [5, 5.41) is 32.0. The number of rotatable bonds is 3. The van der Waals surface area contributed by atoms with Gasteiger partial charge < -0.3 is 15.5 Å². The van der Waals surface area contributed by atoms with Crippen LogP contribution in [-0.4, -0.2) is 16.1 Å². The molecule has 8 heteroatoms. The van der Waals surface area contributed by atoms with Crippen LogP contribution >= 0.6 is 0 Å². The molecular formula is C18H14CuN3NaO3. The summed E-state index contributed by atoms with van der Waals surface area (Å²) in [5.41, 5.74) is 1.18. The molecule has 3 rings (SSSR count). The molecule has 0 aliphatic rings. The Morgan fingerprint density at radius 3 is 2.50 bits per heavy atom. The molecule has 1 radical (unpaired) electrons. The summed E-state index contributed by atoms with van der Waals surface area (Å²) in [6.45, 7) is 1.43. The number of azo groups is 1. The maximum absolute atomic E-state index is 11.1. The SMILES string of the molecule is CC(=O)Nc1ccc2c(O)c(N=Nc3c[c-]ccc3O)ccc2c1.[Cu].[Na+]. The van der Waals surface area contributed by atoms with Gasteiger partial charge in [-0.05, 0) is 29.7 Å². The molecule has 0 aliphatic carbocycles. The van der Waals surface area contributed by atoms with Gasteiger partial charge in [-0.3, -0.25) is 4.79 Å². The Labute approximate surface area is 183 Å². The third-order valence-electron chi connectivity index (χ3n) is 3.38. The molecule has 3 N–H and O–H groups in total. The van der Waals surface area contributed by atoms with E-state index in [0.717, 1.165) is 5.39 Å². The van der Waals surface area contributed by atoms with E-state index in [2.05, 4.69) is 21.6 Å². The number of hydrogen-bond acceptors (Lipinski definition) is 5. The molecule has 6 nitrogen and oxygen atoms in total. The fourth-order valence-corrected chi connectivity index (χ4v) is 2.26. The smallest absolute Gasteiger partial charge is 0.531 e. The van der Waals surface area contributed by atoms with Crippen molar-refractivity contribution in [3.05, 3.63) is 54.6 Å². The Hall–Kier alpha value is -1.89. The van der Waals surface area contributed by atoms with Gasteiger partial charge in [0.05, 0.1) is 0 Å². The maximum atomic E-state index is 11.1. The molecule has 0 bridgehead atoms. The van der Waals surface area contributed by atoms with Crippen molar-refractivity contribution >= 4 is 33.7 Å². The standard InChI is InChI=1S/C18H14N3O3.Cu.Na/c1-11(22)19-13-7-8-14-12(10-13)6-9-16(18(14)24)21-20-15-4-2-3-5-17(15)23;;/h3-10,23-24H,1H3,(H,19,22);;/q-1;;+1. The van der Waals surface area contributed by atoms with Crippen LogP contribution in [-0.2, 0) is 21.9 Å². The predicted molar refractivity (Wildman–Crippen MR) is 91.0 cm³/mol. The quantitative estimate of drug-likeness (QED) is 0.349. The summed E-state index contributed by atoms with van der Waals surface area (Å²) >= 11 is 0. The third-order valence-corrected chi connectivity index (χ3v) is 3.38. The Bertz CT molecular complexity index is 964. The Morgan fingerprint density at radius 2 is 1.81 bits per heavy atom. The van der Waals surface area contributed by atoms with Gasteiger partial charge in [0, 0.05) is 46.5 Å². The number of phenols is 2. The van der Waals surface area contributed by atoms with Crippen molar-refractivity contribution in [2.24, 2.45) is 10.2 Å². The number of phenolic OH excluding ortho intramolecular Hbond substituents is 2. The number of amides is 1. The van der Waals surface area contributed by atoms with Gasteiger partial charge in [0.25, 0.3) is 0 Å². The van der Waals surface area contributed by atoms with Crippen molar-refractivity contribution in [1.82, 2.24) is 0 Å². The molecule has 0 aromatic heterocycles. The first-order valence-corrected chi connectivity index (χ1v) is 7.19. The molecule has 26 heavy (non-hydrogen) atoms. The summed E-state index contributed by atoms with van der Waals surface area (Å²) in [5.74, 6) is -0.203. The summed E-state index contributed by atoms with van der Waals surface area (Å²) in [4.78, 5) is 11.1. The third kappa shape index (κ3) is 5.06. The maximum Gasteiger partial charge on any atom is 1.00 e. The monoisotopic (exact) mass is 406 g/mol. The Balaban J connectivity index is 0.00000169. The van der Waals surface area contributed by atoms with Crippen molar-refractivity contribution in [3.63, 3.8) is 0 Å². The summed E-state index contributed by atoms with van der Waals surface area (Å²) in [6.07, 6.45) is 0. The fraction of sp³-hybridized carbons (Fsp3) is 0.0556. The average Bonchev–Trinajstić information content (AvgIpc) is 2.55. The summed E-state index contributed by atoms with van der Waals surface area (Å²) in [6, 6.07) is 15.8. The summed E-state index contributed by atoms with van der Waals surface area (Å²) in [7, 11) is 0. The molecule has 0 unspecified atom stereocenters. The van der Waals surface area contributed by atoms with Crippen LogP contribution in [0.1, 0.15) is 6.92 Å². The van der Waals surface area contributed by atoms with Crippen LogP contribution in [0.4, 0.5) is 17.1 Å². The van der Waals surface area contributed by atoms with Crippen molar-refractivity contribution in [3.8, 4) is 11.5 Å². The number of benzene rings is 3. The number of nitrogens with zero attached hydrogens (tertiary/aromatic N) is 2. The number of aromatic hydroxyl groups is 2. The normalized spacial score (nSPS) is 10.2. The minimum absolute atomic E-state index is 0. The van der Waals surface area contributed by atoms with Crippen molar-refractivity contribution < 1.29 is 61.6 Å². The van der Waals surface area contributed by atoms with Gasteiger partial charge >= 0.3 is 29.6 Å². The van der Waals surface area contributed by atoms with Crippen LogP contribution in [0.3, 0.4) is 0 Å². The molecule has 0 aliphatic heterocycles. The molecule has 0 atom stereocenters.